The summed E-state index contributed by atoms with van der Waals surface area (Å²) in [6.45, 7) is 5.28. The minimum absolute atomic E-state index is 0.0933. The van der Waals surface area contributed by atoms with Crippen molar-refractivity contribution >= 4 is 35.2 Å². The highest BCUT2D eigenvalue weighted by Crippen LogP contribution is 2.36. The lowest BCUT2D eigenvalue weighted by molar-refractivity contribution is -0.155. The average Bonchev–Trinajstić information content (AvgIpc) is 2.53. The number of fused-ring (bicyclic) bond motifs is 1. The molecule has 2 atom stereocenters. The summed E-state index contributed by atoms with van der Waals surface area (Å²) >= 11 is 1.32. The summed E-state index contributed by atoms with van der Waals surface area (Å²) in [6.07, 6.45) is 0.531. The molecule has 1 heterocycles. The van der Waals surface area contributed by atoms with Crippen LogP contribution in [0.1, 0.15) is 13.3 Å². The van der Waals surface area contributed by atoms with E-state index < -0.39 is 23.2 Å². The molecular weight excluding hydrogens is 316 g/mol. The number of rotatable bonds is 6. The number of ether oxygens (including phenoxy) is 1. The number of benzene rings is 1. The fourth-order valence-corrected chi connectivity index (χ4v) is 3.09. The number of carbonyl (C=O) groups is 3. The van der Waals surface area contributed by atoms with Crippen LogP contribution < -0.4 is 10.6 Å². The van der Waals surface area contributed by atoms with E-state index in [9.17, 15) is 14.4 Å². The van der Waals surface area contributed by atoms with Gasteiger partial charge in [-0.25, -0.2) is 0 Å². The standard InChI is InChI=1S/C16H18N2O4S/c1-3-8-17-15(20)10(2)22-14(19)9-13-16(21)18-11-6-4-5-7-12(11)23-13/h3-7,10,13H,1,8-9H2,2H3,(H,17,20)(H,18,21)/t10-,13-/m1/s1. The van der Waals surface area contributed by atoms with Crippen molar-refractivity contribution in [1.29, 1.82) is 0 Å². The number of anilines is 1. The summed E-state index contributed by atoms with van der Waals surface area (Å²) in [5.41, 5.74) is 0.740. The summed E-state index contributed by atoms with van der Waals surface area (Å²) in [7, 11) is 0. The summed E-state index contributed by atoms with van der Waals surface area (Å²) in [6, 6.07) is 7.38. The van der Waals surface area contributed by atoms with Gasteiger partial charge in [0, 0.05) is 11.4 Å². The molecule has 7 heteroatoms. The number of amides is 2. The molecule has 0 saturated heterocycles. The normalized spacial score (nSPS) is 17.4. The second-order valence-electron chi connectivity index (χ2n) is 4.96. The van der Waals surface area contributed by atoms with Crippen molar-refractivity contribution < 1.29 is 19.1 Å². The number of thioether (sulfide) groups is 1. The number of esters is 1. The number of hydrogen-bond acceptors (Lipinski definition) is 5. The van der Waals surface area contributed by atoms with E-state index >= 15 is 0 Å². The van der Waals surface area contributed by atoms with Crippen LogP contribution in [0.3, 0.4) is 0 Å². The topological polar surface area (TPSA) is 84.5 Å². The Kier molecular flexibility index (Phi) is 5.81. The number of para-hydroxylation sites is 1. The fourth-order valence-electron chi connectivity index (χ4n) is 1.99. The summed E-state index contributed by atoms with van der Waals surface area (Å²) in [4.78, 5) is 36.5. The lowest BCUT2D eigenvalue weighted by Crippen LogP contribution is -2.37. The smallest absolute Gasteiger partial charge is 0.308 e. The third-order valence-corrected chi connectivity index (χ3v) is 4.43. The Balaban J connectivity index is 1.89. The Bertz CT molecular complexity index is 632. The highest BCUT2D eigenvalue weighted by Gasteiger charge is 2.30. The van der Waals surface area contributed by atoms with Gasteiger partial charge in [0.1, 0.15) is 0 Å². The molecule has 0 aliphatic carbocycles. The van der Waals surface area contributed by atoms with E-state index in [1.807, 2.05) is 18.2 Å². The number of nitrogens with one attached hydrogen (secondary N) is 2. The van der Waals surface area contributed by atoms with Gasteiger partial charge in [-0.05, 0) is 19.1 Å². The first-order valence-corrected chi connectivity index (χ1v) is 8.04. The van der Waals surface area contributed by atoms with Gasteiger partial charge in [-0.3, -0.25) is 14.4 Å². The minimum atomic E-state index is -0.911. The Morgan fingerprint density at radius 3 is 2.96 bits per heavy atom. The third-order valence-electron chi connectivity index (χ3n) is 3.16. The van der Waals surface area contributed by atoms with E-state index in [1.165, 1.54) is 24.8 Å². The zero-order valence-electron chi connectivity index (χ0n) is 12.7. The maximum Gasteiger partial charge on any atom is 0.308 e. The van der Waals surface area contributed by atoms with Crippen LogP contribution in [0.25, 0.3) is 0 Å². The van der Waals surface area contributed by atoms with Gasteiger partial charge in [-0.15, -0.1) is 18.3 Å². The van der Waals surface area contributed by atoms with E-state index in [0.29, 0.717) is 6.54 Å². The van der Waals surface area contributed by atoms with Crippen LogP contribution in [0.5, 0.6) is 0 Å². The molecule has 1 aromatic carbocycles. The van der Waals surface area contributed by atoms with Crippen molar-refractivity contribution in [1.82, 2.24) is 5.32 Å². The molecule has 23 heavy (non-hydrogen) atoms. The first kappa shape index (κ1) is 17.1. The van der Waals surface area contributed by atoms with Gasteiger partial charge in [0.05, 0.1) is 17.4 Å². The first-order chi connectivity index (χ1) is 11.0. The van der Waals surface area contributed by atoms with E-state index in [4.69, 9.17) is 4.74 Å². The van der Waals surface area contributed by atoms with Crippen molar-refractivity contribution in [2.24, 2.45) is 0 Å². The predicted molar refractivity (Wildman–Crippen MR) is 88.1 cm³/mol. The van der Waals surface area contributed by atoms with Gasteiger partial charge >= 0.3 is 5.97 Å². The molecule has 6 nitrogen and oxygen atoms in total. The van der Waals surface area contributed by atoms with Crippen molar-refractivity contribution in [3.63, 3.8) is 0 Å². The molecule has 122 valence electrons. The van der Waals surface area contributed by atoms with Crippen LogP contribution in [0.4, 0.5) is 5.69 Å². The zero-order valence-corrected chi connectivity index (χ0v) is 13.5. The van der Waals surface area contributed by atoms with Crippen molar-refractivity contribution in [3.05, 3.63) is 36.9 Å². The first-order valence-electron chi connectivity index (χ1n) is 7.16. The molecule has 0 spiro atoms. The Hall–Kier alpha value is -2.28. The maximum atomic E-state index is 12.0. The van der Waals surface area contributed by atoms with E-state index in [2.05, 4.69) is 17.2 Å². The fraction of sp³-hybridized carbons (Fsp3) is 0.312. The zero-order chi connectivity index (χ0) is 16.8. The van der Waals surface area contributed by atoms with Crippen molar-refractivity contribution in [3.8, 4) is 0 Å². The molecule has 1 aromatic rings. The van der Waals surface area contributed by atoms with Crippen molar-refractivity contribution in [2.45, 2.75) is 29.6 Å². The van der Waals surface area contributed by atoms with E-state index in [1.54, 1.807) is 6.07 Å². The van der Waals surface area contributed by atoms with Crippen LogP contribution in [0.2, 0.25) is 0 Å². The SMILES string of the molecule is C=CCNC(=O)[C@@H](C)OC(=O)C[C@H]1Sc2ccccc2NC1=O. The molecule has 0 bridgehead atoms. The number of carbonyl (C=O) groups excluding carboxylic acids is 3. The van der Waals surface area contributed by atoms with Crippen LogP contribution in [0, 0.1) is 0 Å². The predicted octanol–water partition coefficient (Wildman–Crippen LogP) is 1.72. The van der Waals surface area contributed by atoms with Gasteiger partial charge in [0.25, 0.3) is 5.91 Å². The summed E-state index contributed by atoms with van der Waals surface area (Å²) in [5, 5.41) is 4.74. The summed E-state index contributed by atoms with van der Waals surface area (Å²) in [5.74, 6) is -1.22. The molecule has 1 aliphatic heterocycles. The molecule has 0 fully saturated rings. The van der Waals surface area contributed by atoms with Crippen LogP contribution in [-0.2, 0) is 19.1 Å². The van der Waals surface area contributed by atoms with Crippen LogP contribution in [0.15, 0.2) is 41.8 Å². The lowest BCUT2D eigenvalue weighted by atomic mass is 10.2. The van der Waals surface area contributed by atoms with Gasteiger partial charge in [-0.2, -0.15) is 0 Å². The Morgan fingerprint density at radius 1 is 1.48 bits per heavy atom. The molecule has 0 saturated carbocycles. The van der Waals surface area contributed by atoms with Gasteiger partial charge in [-0.1, -0.05) is 18.2 Å². The average molecular weight is 334 g/mol. The van der Waals surface area contributed by atoms with Crippen molar-refractivity contribution in [2.75, 3.05) is 11.9 Å². The third kappa shape index (κ3) is 4.59. The largest absolute Gasteiger partial charge is 0.453 e. The van der Waals surface area contributed by atoms with Gasteiger partial charge in [0.15, 0.2) is 6.10 Å². The molecule has 0 aromatic heterocycles. The molecule has 0 radical (unpaired) electrons. The maximum absolute atomic E-state index is 12.0. The quantitative estimate of drug-likeness (QED) is 0.611. The monoisotopic (exact) mass is 334 g/mol. The summed E-state index contributed by atoms with van der Waals surface area (Å²) < 4.78 is 5.07. The van der Waals surface area contributed by atoms with E-state index in [-0.39, 0.29) is 12.3 Å². The molecular formula is C16H18N2O4S. The Morgan fingerprint density at radius 2 is 2.22 bits per heavy atom. The highest BCUT2D eigenvalue weighted by atomic mass is 32.2. The highest BCUT2D eigenvalue weighted by molar-refractivity contribution is 8.01. The second kappa shape index (κ2) is 7.82. The molecule has 1 aliphatic rings. The van der Waals surface area contributed by atoms with Gasteiger partial charge in [0.2, 0.25) is 5.91 Å². The Labute approximate surface area is 138 Å². The lowest BCUT2D eigenvalue weighted by Gasteiger charge is -2.23. The molecule has 2 amide bonds. The van der Waals surface area contributed by atoms with Gasteiger partial charge < -0.3 is 15.4 Å². The van der Waals surface area contributed by atoms with Crippen LogP contribution >= 0.6 is 11.8 Å². The number of hydrogen-bond donors (Lipinski definition) is 2. The van der Waals surface area contributed by atoms with Crippen LogP contribution in [-0.4, -0.2) is 35.7 Å². The second-order valence-corrected chi connectivity index (χ2v) is 6.21. The molecule has 2 N–H and O–H groups in total. The molecule has 0 unspecified atom stereocenters. The molecule has 2 rings (SSSR count). The van der Waals surface area contributed by atoms with E-state index in [0.717, 1.165) is 10.6 Å². The minimum Gasteiger partial charge on any atom is -0.453 e.